The maximum Gasteiger partial charge on any atom is 0.336 e. The molecule has 0 bridgehead atoms. The Morgan fingerprint density at radius 2 is 1.96 bits per heavy atom. The zero-order valence-electron chi connectivity index (χ0n) is 16.8. The van der Waals surface area contributed by atoms with Gasteiger partial charge in [-0.05, 0) is 45.2 Å². The average Bonchev–Trinajstić information content (AvgIpc) is 3.06. The number of hydrogen-bond acceptors (Lipinski definition) is 7. The number of aliphatic imine (C=N–C) groups is 1. The molecule has 0 unspecified atom stereocenters. The van der Waals surface area contributed by atoms with Crippen LogP contribution in [0.25, 0.3) is 0 Å². The number of ketones is 1. The van der Waals surface area contributed by atoms with E-state index in [2.05, 4.69) is 4.99 Å². The van der Waals surface area contributed by atoms with Crippen LogP contribution in [0.15, 0.2) is 32.8 Å². The van der Waals surface area contributed by atoms with Crippen LogP contribution in [0.1, 0.15) is 44.6 Å². The molecule has 0 N–H and O–H groups in total. The zero-order valence-corrected chi connectivity index (χ0v) is 16.8. The summed E-state index contributed by atoms with van der Waals surface area (Å²) in [4.78, 5) is 43.0. The van der Waals surface area contributed by atoms with Crippen LogP contribution in [-0.2, 0) is 23.9 Å². The van der Waals surface area contributed by atoms with Crippen LogP contribution in [0, 0.1) is 24.7 Å². The summed E-state index contributed by atoms with van der Waals surface area (Å²) in [6.45, 7) is 7.29. The molecule has 1 fully saturated rings. The summed E-state index contributed by atoms with van der Waals surface area (Å²) in [5.74, 6) is -2.78. The molecule has 0 aromatic carbocycles. The number of carbonyl (C=O) groups is 3. The fraction of sp³-hybridized carbons (Fsp3) is 0.524. The summed E-state index contributed by atoms with van der Waals surface area (Å²) in [5.41, 5.74) is 1.49. The van der Waals surface area contributed by atoms with Gasteiger partial charge in [-0.2, -0.15) is 0 Å². The van der Waals surface area contributed by atoms with Crippen molar-refractivity contribution in [3.63, 3.8) is 0 Å². The molecule has 0 radical (unpaired) electrons. The summed E-state index contributed by atoms with van der Waals surface area (Å²) in [5, 5.41) is 0. The Morgan fingerprint density at radius 1 is 1.25 bits per heavy atom. The van der Waals surface area contributed by atoms with Gasteiger partial charge in [-0.1, -0.05) is 6.92 Å². The topological polar surface area (TPSA) is 95.2 Å². The highest BCUT2D eigenvalue weighted by Gasteiger charge is 2.52. The van der Waals surface area contributed by atoms with E-state index in [0.717, 1.165) is 0 Å². The van der Waals surface area contributed by atoms with Crippen molar-refractivity contribution in [3.05, 3.63) is 34.9 Å². The van der Waals surface area contributed by atoms with Crippen molar-refractivity contribution in [2.45, 2.75) is 40.0 Å². The molecule has 150 valence electrons. The third-order valence-corrected chi connectivity index (χ3v) is 5.44. The van der Waals surface area contributed by atoms with E-state index in [1.807, 2.05) is 6.92 Å². The number of rotatable bonds is 4. The molecular formula is C21H25NO6. The minimum absolute atomic E-state index is 0.205. The fourth-order valence-electron chi connectivity index (χ4n) is 4.24. The normalized spacial score (nSPS) is 27.2. The quantitative estimate of drug-likeness (QED) is 0.582. The summed E-state index contributed by atoms with van der Waals surface area (Å²) in [6.07, 6.45) is 0.472. The lowest BCUT2D eigenvalue weighted by molar-refractivity contribution is -0.152. The van der Waals surface area contributed by atoms with Crippen LogP contribution in [-0.4, -0.2) is 37.2 Å². The van der Waals surface area contributed by atoms with Gasteiger partial charge in [0, 0.05) is 11.4 Å². The molecule has 28 heavy (non-hydrogen) atoms. The highest BCUT2D eigenvalue weighted by atomic mass is 16.5. The molecule has 4 atom stereocenters. The number of nitrogens with zero attached hydrogens (tertiary/aromatic N) is 1. The second kappa shape index (κ2) is 7.73. The van der Waals surface area contributed by atoms with E-state index >= 15 is 0 Å². The van der Waals surface area contributed by atoms with Crippen molar-refractivity contribution < 1.29 is 28.3 Å². The van der Waals surface area contributed by atoms with Crippen molar-refractivity contribution in [1.29, 1.82) is 0 Å². The Labute approximate surface area is 163 Å². The number of furan rings is 1. The average molecular weight is 387 g/mol. The molecular weight excluding hydrogens is 362 g/mol. The number of Topliss-reactive ketones (excluding diaryl/α,β-unsaturated/α-hetero) is 1. The van der Waals surface area contributed by atoms with Gasteiger partial charge in [-0.25, -0.2) is 4.79 Å². The minimum Gasteiger partial charge on any atom is -0.468 e. The molecule has 7 nitrogen and oxygen atoms in total. The summed E-state index contributed by atoms with van der Waals surface area (Å²) >= 11 is 0. The highest BCUT2D eigenvalue weighted by Crippen LogP contribution is 2.46. The zero-order chi connectivity index (χ0) is 20.6. The molecule has 0 saturated heterocycles. The molecule has 1 aromatic heterocycles. The third-order valence-electron chi connectivity index (χ3n) is 5.44. The molecule has 1 aromatic rings. The molecule has 1 aliphatic heterocycles. The van der Waals surface area contributed by atoms with Crippen LogP contribution in [0.2, 0.25) is 0 Å². The second-order valence-corrected chi connectivity index (χ2v) is 7.31. The largest absolute Gasteiger partial charge is 0.468 e. The Morgan fingerprint density at radius 3 is 2.54 bits per heavy atom. The number of aryl methyl sites for hydroxylation is 1. The fourth-order valence-corrected chi connectivity index (χ4v) is 4.24. The Bertz CT molecular complexity index is 877. The minimum atomic E-state index is -0.894. The van der Waals surface area contributed by atoms with Crippen LogP contribution in [0.3, 0.4) is 0 Å². The van der Waals surface area contributed by atoms with Gasteiger partial charge in [-0.3, -0.25) is 14.6 Å². The smallest absolute Gasteiger partial charge is 0.336 e. The highest BCUT2D eigenvalue weighted by molar-refractivity contribution is 6.17. The SMILES string of the molecule is CCOC(=O)C1=C(C)N=C2C[C@@H](C)[C@@H](C(=O)OC)C(=O)[C@H]2[C@H]1c1ccc(C)o1. The molecule has 1 saturated carbocycles. The molecule has 1 aliphatic carbocycles. The van der Waals surface area contributed by atoms with Gasteiger partial charge in [0.05, 0.1) is 31.1 Å². The first-order chi connectivity index (χ1) is 13.3. The Balaban J connectivity index is 2.15. The van der Waals surface area contributed by atoms with Crippen LogP contribution < -0.4 is 0 Å². The van der Waals surface area contributed by atoms with E-state index < -0.39 is 29.7 Å². The number of carbonyl (C=O) groups excluding carboxylic acids is 3. The number of fused-ring (bicyclic) bond motifs is 1. The number of allylic oxidation sites excluding steroid dienone is 1. The van der Waals surface area contributed by atoms with Crippen molar-refractivity contribution >= 4 is 23.4 Å². The van der Waals surface area contributed by atoms with Crippen molar-refractivity contribution in [2.75, 3.05) is 13.7 Å². The number of ether oxygens (including phenoxy) is 2. The molecule has 2 heterocycles. The van der Waals surface area contributed by atoms with Gasteiger partial charge in [-0.15, -0.1) is 0 Å². The van der Waals surface area contributed by atoms with Crippen molar-refractivity contribution in [2.24, 2.45) is 22.7 Å². The first-order valence-corrected chi connectivity index (χ1v) is 9.43. The maximum absolute atomic E-state index is 13.4. The number of esters is 2. The van der Waals surface area contributed by atoms with Gasteiger partial charge >= 0.3 is 11.9 Å². The summed E-state index contributed by atoms with van der Waals surface area (Å²) in [6, 6.07) is 3.54. The van der Waals surface area contributed by atoms with Gasteiger partial charge < -0.3 is 13.9 Å². The van der Waals surface area contributed by atoms with Crippen LogP contribution >= 0.6 is 0 Å². The lowest BCUT2D eigenvalue weighted by atomic mass is 9.65. The number of hydrogen-bond donors (Lipinski definition) is 0. The Hall–Kier alpha value is -2.70. The lowest BCUT2D eigenvalue weighted by Gasteiger charge is -2.39. The van der Waals surface area contributed by atoms with E-state index in [4.69, 9.17) is 13.9 Å². The molecule has 0 spiro atoms. The molecule has 3 rings (SSSR count). The van der Waals surface area contributed by atoms with Gasteiger partial charge in [0.15, 0.2) is 5.78 Å². The maximum atomic E-state index is 13.4. The number of methoxy groups -OCH3 is 1. The van der Waals surface area contributed by atoms with E-state index in [9.17, 15) is 14.4 Å². The van der Waals surface area contributed by atoms with Gasteiger partial charge in [0.25, 0.3) is 0 Å². The van der Waals surface area contributed by atoms with E-state index in [1.54, 1.807) is 32.9 Å². The monoisotopic (exact) mass is 387 g/mol. The summed E-state index contributed by atoms with van der Waals surface area (Å²) in [7, 11) is 1.27. The van der Waals surface area contributed by atoms with E-state index in [0.29, 0.717) is 34.9 Å². The first-order valence-electron chi connectivity index (χ1n) is 9.43. The van der Waals surface area contributed by atoms with Gasteiger partial charge in [0.1, 0.15) is 17.4 Å². The van der Waals surface area contributed by atoms with Crippen molar-refractivity contribution in [1.82, 2.24) is 0 Å². The van der Waals surface area contributed by atoms with Gasteiger partial charge in [0.2, 0.25) is 0 Å². The molecule has 7 heteroatoms. The predicted molar refractivity (Wildman–Crippen MR) is 101 cm³/mol. The van der Waals surface area contributed by atoms with Crippen LogP contribution in [0.4, 0.5) is 0 Å². The second-order valence-electron chi connectivity index (χ2n) is 7.31. The third kappa shape index (κ3) is 3.30. The standard InChI is InChI=1S/C21H25NO6/c1-6-27-21(25)16-12(4)22-13-9-10(2)15(20(24)26-5)19(23)17(13)18(16)14-8-7-11(3)28-14/h7-8,10,15,17-18H,6,9H2,1-5H3/t10-,15-,17-,18+/m1/s1. The predicted octanol–water partition coefficient (Wildman–Crippen LogP) is 2.98. The first kappa shape index (κ1) is 20.0. The molecule has 2 aliphatic rings. The van der Waals surface area contributed by atoms with Crippen LogP contribution in [0.5, 0.6) is 0 Å². The lowest BCUT2D eigenvalue weighted by Crippen LogP contribution is -2.48. The van der Waals surface area contributed by atoms with E-state index in [1.165, 1.54) is 7.11 Å². The summed E-state index contributed by atoms with van der Waals surface area (Å²) < 4.78 is 15.9. The molecule has 0 amide bonds. The Kier molecular flexibility index (Phi) is 5.54. The van der Waals surface area contributed by atoms with E-state index in [-0.39, 0.29) is 18.3 Å². The van der Waals surface area contributed by atoms with Crippen molar-refractivity contribution in [3.8, 4) is 0 Å².